The molecule has 0 saturated carbocycles. The van der Waals surface area contributed by atoms with Crippen molar-refractivity contribution >= 4 is 22.7 Å². The molecular weight excluding hydrogens is 316 g/mol. The lowest BCUT2D eigenvalue weighted by Crippen LogP contribution is -2.31. The first-order chi connectivity index (χ1) is 12.6. The van der Waals surface area contributed by atoms with Crippen LogP contribution in [0, 0.1) is 11.8 Å². The predicted octanol–water partition coefficient (Wildman–Crippen LogP) is 7.15. The van der Waals surface area contributed by atoms with Crippen LogP contribution in [0.4, 0.5) is 22.7 Å². The summed E-state index contributed by atoms with van der Waals surface area (Å²) < 4.78 is 0. The van der Waals surface area contributed by atoms with Crippen molar-refractivity contribution in [1.29, 1.82) is 0 Å². The van der Waals surface area contributed by atoms with E-state index < -0.39 is 0 Å². The van der Waals surface area contributed by atoms with Crippen LogP contribution >= 0.6 is 0 Å². The molecule has 2 heteroatoms. The zero-order valence-electron chi connectivity index (χ0n) is 16.9. The van der Waals surface area contributed by atoms with Gasteiger partial charge >= 0.3 is 0 Å². The summed E-state index contributed by atoms with van der Waals surface area (Å²) in [7, 11) is 0. The molecule has 0 saturated heterocycles. The van der Waals surface area contributed by atoms with Crippen LogP contribution in [0.1, 0.15) is 53.4 Å². The molecule has 2 aromatic carbocycles. The van der Waals surface area contributed by atoms with Gasteiger partial charge in [0.25, 0.3) is 0 Å². The Labute approximate surface area is 159 Å². The maximum Gasteiger partial charge on any atom is 0.0652 e. The van der Waals surface area contributed by atoms with Crippen molar-refractivity contribution in [3.63, 3.8) is 0 Å². The van der Waals surface area contributed by atoms with E-state index in [0.717, 1.165) is 24.9 Å². The molecule has 0 aromatic heterocycles. The Morgan fingerprint density at radius 1 is 0.577 bits per heavy atom. The molecule has 3 rings (SSSR count). The molecule has 0 N–H and O–H groups in total. The van der Waals surface area contributed by atoms with Crippen molar-refractivity contribution < 1.29 is 0 Å². The Kier molecular flexibility index (Phi) is 6.24. The topological polar surface area (TPSA) is 6.48 Å². The SMILES string of the molecule is CC(C)CCCN1c2ccccc2N(CCCC(C)C)c2ccccc21. The van der Waals surface area contributed by atoms with Crippen LogP contribution in [0.2, 0.25) is 0 Å². The molecule has 0 atom stereocenters. The second-order valence-corrected chi connectivity index (χ2v) is 8.35. The normalized spacial score (nSPS) is 13.3. The highest BCUT2D eigenvalue weighted by Gasteiger charge is 2.27. The standard InChI is InChI=1S/C24H34N2/c1-19(2)11-9-17-25-21-13-5-7-15-23(21)26(18-10-12-20(3)4)24-16-8-6-14-22(24)25/h5-8,13-16,19-20H,9-12,17-18H2,1-4H3. The maximum atomic E-state index is 2.53. The predicted molar refractivity (Wildman–Crippen MR) is 115 cm³/mol. The van der Waals surface area contributed by atoms with Gasteiger partial charge < -0.3 is 9.80 Å². The highest BCUT2D eigenvalue weighted by Crippen LogP contribution is 2.47. The molecule has 0 fully saturated rings. The summed E-state index contributed by atoms with van der Waals surface area (Å²) in [6, 6.07) is 17.9. The van der Waals surface area contributed by atoms with E-state index in [1.54, 1.807) is 0 Å². The molecule has 0 amide bonds. The number of fused-ring (bicyclic) bond motifs is 2. The molecule has 0 spiro atoms. The van der Waals surface area contributed by atoms with Gasteiger partial charge in [0, 0.05) is 13.1 Å². The number of para-hydroxylation sites is 4. The number of anilines is 4. The van der Waals surface area contributed by atoms with Crippen LogP contribution < -0.4 is 9.80 Å². The smallest absolute Gasteiger partial charge is 0.0652 e. The van der Waals surface area contributed by atoms with Gasteiger partial charge in [-0.2, -0.15) is 0 Å². The van der Waals surface area contributed by atoms with Gasteiger partial charge in [-0.15, -0.1) is 0 Å². The molecule has 1 aliphatic rings. The summed E-state index contributed by atoms with van der Waals surface area (Å²) in [4.78, 5) is 5.07. The average Bonchev–Trinajstić information content (AvgIpc) is 2.62. The first-order valence-electron chi connectivity index (χ1n) is 10.3. The molecule has 140 valence electrons. The molecule has 1 heterocycles. The number of benzene rings is 2. The van der Waals surface area contributed by atoms with Crippen LogP contribution in [0.3, 0.4) is 0 Å². The van der Waals surface area contributed by atoms with E-state index in [1.165, 1.54) is 48.4 Å². The Morgan fingerprint density at radius 3 is 1.15 bits per heavy atom. The van der Waals surface area contributed by atoms with Gasteiger partial charge in [-0.1, -0.05) is 52.0 Å². The largest absolute Gasteiger partial charge is 0.338 e. The molecule has 2 aromatic rings. The lowest BCUT2D eigenvalue weighted by molar-refractivity contribution is 0.554. The summed E-state index contributed by atoms with van der Waals surface area (Å²) in [6.45, 7) is 11.4. The minimum atomic E-state index is 0.762. The summed E-state index contributed by atoms with van der Waals surface area (Å²) in [6.07, 6.45) is 5.01. The zero-order valence-corrected chi connectivity index (χ0v) is 16.9. The third-order valence-electron chi connectivity index (χ3n) is 5.25. The Morgan fingerprint density at radius 2 is 0.885 bits per heavy atom. The highest BCUT2D eigenvalue weighted by atomic mass is 15.3. The van der Waals surface area contributed by atoms with Gasteiger partial charge in [-0.25, -0.2) is 0 Å². The summed E-state index contributed by atoms with van der Waals surface area (Å²) in [5.74, 6) is 1.52. The minimum Gasteiger partial charge on any atom is -0.338 e. The molecule has 0 aliphatic carbocycles. The lowest BCUT2D eigenvalue weighted by atomic mass is 10.0. The zero-order chi connectivity index (χ0) is 18.5. The van der Waals surface area contributed by atoms with Gasteiger partial charge in [0.05, 0.1) is 22.7 Å². The number of hydrogen-bond donors (Lipinski definition) is 0. The van der Waals surface area contributed by atoms with E-state index in [-0.39, 0.29) is 0 Å². The van der Waals surface area contributed by atoms with E-state index in [9.17, 15) is 0 Å². The highest BCUT2D eigenvalue weighted by molar-refractivity contribution is 5.93. The van der Waals surface area contributed by atoms with Gasteiger partial charge in [-0.3, -0.25) is 0 Å². The second kappa shape index (κ2) is 8.62. The number of nitrogens with zero attached hydrogens (tertiary/aromatic N) is 2. The third-order valence-corrected chi connectivity index (χ3v) is 5.25. The van der Waals surface area contributed by atoms with Crippen LogP contribution in [-0.4, -0.2) is 13.1 Å². The maximum absolute atomic E-state index is 2.53. The van der Waals surface area contributed by atoms with Crippen LogP contribution in [0.15, 0.2) is 48.5 Å². The Hall–Kier alpha value is -1.96. The minimum absolute atomic E-state index is 0.762. The Bertz CT molecular complexity index is 597. The van der Waals surface area contributed by atoms with Crippen molar-refractivity contribution in [3.05, 3.63) is 48.5 Å². The molecular formula is C24H34N2. The van der Waals surface area contributed by atoms with Gasteiger partial charge in [-0.05, 0) is 61.8 Å². The van der Waals surface area contributed by atoms with E-state index in [1.807, 2.05) is 0 Å². The van der Waals surface area contributed by atoms with Crippen molar-refractivity contribution in [2.24, 2.45) is 11.8 Å². The average molecular weight is 351 g/mol. The van der Waals surface area contributed by atoms with Crippen molar-refractivity contribution in [3.8, 4) is 0 Å². The van der Waals surface area contributed by atoms with Gasteiger partial charge in [0.1, 0.15) is 0 Å². The lowest BCUT2D eigenvalue weighted by Gasteiger charge is -2.40. The second-order valence-electron chi connectivity index (χ2n) is 8.35. The number of rotatable bonds is 8. The first kappa shape index (κ1) is 18.8. The van der Waals surface area contributed by atoms with Crippen LogP contribution in [0.25, 0.3) is 0 Å². The fourth-order valence-corrected chi connectivity index (χ4v) is 3.90. The van der Waals surface area contributed by atoms with Crippen LogP contribution in [-0.2, 0) is 0 Å². The Balaban J connectivity index is 1.90. The molecule has 0 unspecified atom stereocenters. The van der Waals surface area contributed by atoms with Crippen LogP contribution in [0.5, 0.6) is 0 Å². The summed E-state index contributed by atoms with van der Waals surface area (Å²) >= 11 is 0. The van der Waals surface area contributed by atoms with E-state index in [4.69, 9.17) is 0 Å². The fourth-order valence-electron chi connectivity index (χ4n) is 3.90. The first-order valence-corrected chi connectivity index (χ1v) is 10.3. The molecule has 26 heavy (non-hydrogen) atoms. The van der Waals surface area contributed by atoms with Gasteiger partial charge in [0.15, 0.2) is 0 Å². The molecule has 0 bridgehead atoms. The van der Waals surface area contributed by atoms with E-state index in [2.05, 4.69) is 86.0 Å². The third kappa shape index (κ3) is 4.23. The van der Waals surface area contributed by atoms with E-state index >= 15 is 0 Å². The summed E-state index contributed by atoms with van der Waals surface area (Å²) in [5, 5.41) is 0. The van der Waals surface area contributed by atoms with E-state index in [0.29, 0.717) is 0 Å². The fraction of sp³-hybridized carbons (Fsp3) is 0.500. The van der Waals surface area contributed by atoms with Crippen molar-refractivity contribution in [1.82, 2.24) is 0 Å². The van der Waals surface area contributed by atoms with Crippen molar-refractivity contribution in [2.45, 2.75) is 53.4 Å². The molecule has 2 nitrogen and oxygen atoms in total. The molecule has 1 aliphatic heterocycles. The number of hydrogen-bond acceptors (Lipinski definition) is 2. The summed E-state index contributed by atoms with van der Waals surface area (Å²) in [5.41, 5.74) is 5.44. The monoisotopic (exact) mass is 350 g/mol. The molecule has 0 radical (unpaired) electrons. The van der Waals surface area contributed by atoms with Gasteiger partial charge in [0.2, 0.25) is 0 Å². The quantitative estimate of drug-likeness (QED) is 0.499. The van der Waals surface area contributed by atoms with Crippen molar-refractivity contribution in [2.75, 3.05) is 22.9 Å².